The Morgan fingerprint density at radius 1 is 0.318 bits per heavy atom. The maximum Gasteiger partial charge on any atom is 0.204 e. The van der Waals surface area contributed by atoms with E-state index < -0.39 is 0 Å². The van der Waals surface area contributed by atoms with E-state index in [0.717, 1.165) is 32.0 Å². The van der Waals surface area contributed by atoms with Gasteiger partial charge in [0.15, 0.2) is 0 Å². The van der Waals surface area contributed by atoms with Crippen molar-refractivity contribution in [3.8, 4) is 0 Å². The van der Waals surface area contributed by atoms with Crippen molar-refractivity contribution >= 4 is 154 Å². The zero-order valence-corrected chi connectivity index (χ0v) is 21.3. The van der Waals surface area contributed by atoms with Crippen molar-refractivity contribution in [2.45, 2.75) is 0 Å². The molecule has 0 amide bonds. The van der Waals surface area contributed by atoms with Crippen LogP contribution in [0.2, 0.25) is 0 Å². The molecule has 0 rings (SSSR count). The Labute approximate surface area is 257 Å². The predicted octanol–water partition coefficient (Wildman–Crippen LogP) is -0.555. The van der Waals surface area contributed by atoms with Gasteiger partial charge in [0, 0.05) is 171 Å². The van der Waals surface area contributed by atoms with E-state index >= 15 is 0 Å². The van der Waals surface area contributed by atoms with E-state index in [1.807, 2.05) is 0 Å². The molecule has 0 bridgehead atoms. The average Bonchev–Trinajstić information content (AvgIpc) is 2.23. The van der Waals surface area contributed by atoms with Crippen LogP contribution in [0.4, 0.5) is 0 Å². The molecule has 0 spiro atoms. The van der Waals surface area contributed by atoms with Gasteiger partial charge in [-0.25, -0.2) is 0 Å². The van der Waals surface area contributed by atoms with Gasteiger partial charge in [0.05, 0.1) is 0 Å². The standard InChI is InChI=1S/Co.3K.6NO2/c;;;;6*2-1-3. The van der Waals surface area contributed by atoms with Crippen molar-refractivity contribution in [1.29, 1.82) is 0 Å². The Bertz CT molecular complexity index is 126. The zero-order valence-electron chi connectivity index (χ0n) is 10.9. The molecule has 114 valence electrons. The molecule has 0 aliphatic rings. The minimum Gasteiger partial charge on any atom is -0.102 e. The van der Waals surface area contributed by atoms with E-state index in [4.69, 9.17) is 60.7 Å². The molecule has 22 heteroatoms. The van der Waals surface area contributed by atoms with Crippen molar-refractivity contribution < 1.29 is 48.0 Å². The molecule has 0 aliphatic carbocycles. The number of hydrogen-bond acceptors (Lipinski definition) is 12. The zero-order chi connectivity index (χ0) is 16.2. The molecule has 0 N–H and O–H groups in total. The van der Waals surface area contributed by atoms with Crippen LogP contribution in [0.25, 0.3) is 0 Å². The summed E-state index contributed by atoms with van der Waals surface area (Å²) < 4.78 is 0. The van der Waals surface area contributed by atoms with Crippen molar-refractivity contribution in [3.63, 3.8) is 0 Å². The summed E-state index contributed by atoms with van der Waals surface area (Å²) in [5, 5.41) is 54.0. The van der Waals surface area contributed by atoms with E-state index in [2.05, 4.69) is 0 Å². The summed E-state index contributed by atoms with van der Waals surface area (Å²) in [6.45, 7) is 0. The van der Waals surface area contributed by atoms with Gasteiger partial charge in [-0.1, -0.05) is 0 Å². The van der Waals surface area contributed by atoms with Crippen molar-refractivity contribution in [3.05, 3.63) is 29.4 Å². The Morgan fingerprint density at radius 2 is 0.318 bits per heavy atom. The van der Waals surface area contributed by atoms with Crippen molar-refractivity contribution in [1.82, 2.24) is 0 Å². The van der Waals surface area contributed by atoms with Crippen LogP contribution in [0.5, 0.6) is 0 Å². The quantitative estimate of drug-likeness (QED) is 0.263. The first-order valence-electron chi connectivity index (χ1n) is 2.19. The third kappa shape index (κ3) is 2870. The normalized spacial score (nSPS) is 3.27. The van der Waals surface area contributed by atoms with Crippen LogP contribution in [-0.4, -0.2) is 154 Å². The molecule has 18 nitrogen and oxygen atoms in total. The van der Waals surface area contributed by atoms with Gasteiger partial charge in [0.25, 0.3) is 0 Å². The van der Waals surface area contributed by atoms with Crippen molar-refractivity contribution in [2.75, 3.05) is 0 Å². The van der Waals surface area contributed by atoms with Gasteiger partial charge in [-0.15, -0.1) is 60.7 Å². The summed E-state index contributed by atoms with van der Waals surface area (Å²) in [5.41, 5.74) is 0. The Hall–Kier alpha value is 1.82. The van der Waals surface area contributed by atoms with Crippen LogP contribution >= 0.6 is 0 Å². The van der Waals surface area contributed by atoms with Crippen LogP contribution in [0, 0.1) is 29.4 Å². The fraction of sp³-hybridized carbons (Fsp3) is 0. The van der Waals surface area contributed by atoms with Crippen molar-refractivity contribution in [2.24, 2.45) is 32.0 Å². The van der Waals surface area contributed by atoms with Crippen LogP contribution < -0.4 is 0 Å². The van der Waals surface area contributed by atoms with Gasteiger partial charge in [-0.3, -0.25) is 0 Å². The van der Waals surface area contributed by atoms with Gasteiger partial charge < -0.3 is 0 Å². The van der Waals surface area contributed by atoms with Gasteiger partial charge in [0.1, 0.15) is 0 Å². The average molecular weight is 452 g/mol. The molecule has 0 aromatic heterocycles. The second-order valence-corrected chi connectivity index (χ2v) is 0.447. The monoisotopic (exact) mass is 452 g/mol. The van der Waals surface area contributed by atoms with E-state index in [1.54, 1.807) is 0 Å². The molecule has 0 fully saturated rings. The molecule has 0 aromatic rings. The molecule has 22 heavy (non-hydrogen) atoms. The van der Waals surface area contributed by atoms with Gasteiger partial charge >= 0.3 is 0 Å². The molecule has 0 saturated carbocycles. The van der Waals surface area contributed by atoms with E-state index in [0.29, 0.717) is 0 Å². The summed E-state index contributed by atoms with van der Waals surface area (Å²) in [6, 6.07) is 0. The molecule has 0 atom stereocenters. The third-order valence-electron chi connectivity index (χ3n) is 0. The Morgan fingerprint density at radius 3 is 0.318 bits per heavy atom. The molecular weight excluding hydrogens is 452 g/mol. The van der Waals surface area contributed by atoms with E-state index in [9.17, 15) is 0 Å². The van der Waals surface area contributed by atoms with E-state index in [-0.39, 0.29) is 171 Å². The maximum absolute atomic E-state index is 8.00. The first-order valence-corrected chi connectivity index (χ1v) is 2.19. The number of hydrogen-bond donors (Lipinski definition) is 0. The second-order valence-electron chi connectivity index (χ2n) is 0.447. The molecule has 0 unspecified atom stereocenters. The van der Waals surface area contributed by atoms with Crippen LogP contribution in [-0.2, 0) is 48.0 Å². The van der Waals surface area contributed by atoms with Gasteiger partial charge in [-0.2, -0.15) is 0 Å². The van der Waals surface area contributed by atoms with Gasteiger partial charge in [0.2, 0.25) is 32.0 Å². The topological polar surface area (TPSA) is 296 Å². The largest absolute Gasteiger partial charge is 0.204 e. The molecule has 0 aliphatic heterocycles. The molecular formula is CoK3N6O12. The summed E-state index contributed by atoms with van der Waals surface area (Å²) in [4.78, 5) is 48.0. The van der Waals surface area contributed by atoms with Crippen LogP contribution in [0.3, 0.4) is 0 Å². The van der Waals surface area contributed by atoms with E-state index in [1.165, 1.54) is 0 Å². The predicted molar refractivity (Wildman–Crippen MR) is 56.2 cm³/mol. The fourth-order valence-electron chi connectivity index (χ4n) is 0. The third-order valence-corrected chi connectivity index (χ3v) is 0. The molecule has 0 saturated heterocycles. The number of rotatable bonds is 0. The summed E-state index contributed by atoms with van der Waals surface area (Å²) >= 11 is 0. The maximum atomic E-state index is 8.00. The SMILES string of the molecule is [Co].[K].[K].[K].[O]N=O.[O]N=O.[O]N=O.[O]N=O.[O]N=O.[O]N=O. The molecule has 10 radical (unpaired) electrons. The van der Waals surface area contributed by atoms with Gasteiger partial charge in [-0.05, 0) is 0 Å². The number of nitrogens with zero attached hydrogens (tertiary/aromatic N) is 6. The molecule has 0 aromatic carbocycles. The first kappa shape index (κ1) is 65.0. The minimum absolute atomic E-state index is 0. The fourth-order valence-corrected chi connectivity index (χ4v) is 0. The Balaban J connectivity index is -0.00000000947. The van der Waals surface area contributed by atoms with Crippen LogP contribution in [0.1, 0.15) is 0 Å². The summed E-state index contributed by atoms with van der Waals surface area (Å²) in [7, 11) is 0. The second kappa shape index (κ2) is 178. The van der Waals surface area contributed by atoms with Crippen LogP contribution in [0.15, 0.2) is 32.0 Å². The summed E-state index contributed by atoms with van der Waals surface area (Å²) in [6.07, 6.45) is 0. The first-order chi connectivity index (χ1) is 8.49. The Kier molecular flexibility index (Phi) is 525. The molecule has 0 heterocycles. The smallest absolute Gasteiger partial charge is 0.102 e. The minimum atomic E-state index is 0. The summed E-state index contributed by atoms with van der Waals surface area (Å²) in [5.74, 6) is 0.